The van der Waals surface area contributed by atoms with E-state index < -0.39 is 54.5 Å². The van der Waals surface area contributed by atoms with Crippen molar-refractivity contribution in [3.05, 3.63) is 23.9 Å². The van der Waals surface area contributed by atoms with E-state index in [1.807, 2.05) is 5.32 Å². The number of amides is 4. The minimum atomic E-state index is -4.59. The quantitative estimate of drug-likeness (QED) is 0.436. The van der Waals surface area contributed by atoms with Crippen LogP contribution in [0.15, 0.2) is 18.3 Å². The van der Waals surface area contributed by atoms with E-state index in [0.29, 0.717) is 11.5 Å². The Morgan fingerprint density at radius 2 is 1.87 bits per heavy atom. The van der Waals surface area contributed by atoms with Crippen molar-refractivity contribution in [3.8, 4) is 0 Å². The largest absolute Gasteiger partial charge is 0.436 e. The van der Waals surface area contributed by atoms with Gasteiger partial charge in [0.05, 0.1) is 19.2 Å². The summed E-state index contributed by atoms with van der Waals surface area (Å²) < 4.78 is 50.5. The molecule has 10 nitrogen and oxygen atoms in total. The fourth-order valence-corrected chi connectivity index (χ4v) is 4.86. The molecule has 3 N–H and O–H groups in total. The number of alkyl halides is 3. The second-order valence-corrected chi connectivity index (χ2v) is 11.4. The maximum absolute atomic E-state index is 13.4. The Kier molecular flexibility index (Phi) is 9.68. The predicted molar refractivity (Wildman–Crippen MR) is 137 cm³/mol. The molecule has 218 valence electrons. The van der Waals surface area contributed by atoms with E-state index in [9.17, 15) is 27.6 Å². The molecule has 1 aromatic heterocycles. The van der Waals surface area contributed by atoms with Crippen molar-refractivity contribution < 1.29 is 37.0 Å². The number of anilines is 1. The highest BCUT2D eigenvalue weighted by Crippen LogP contribution is 2.33. The topological polar surface area (TPSA) is 122 Å². The number of halogens is 3. The van der Waals surface area contributed by atoms with Crippen LogP contribution in [0, 0.1) is 11.8 Å². The van der Waals surface area contributed by atoms with Crippen LogP contribution in [0.3, 0.4) is 0 Å². The second-order valence-electron chi connectivity index (χ2n) is 11.4. The number of hydrogen-bond acceptors (Lipinski definition) is 6. The minimum Gasteiger partial charge on any atom is -0.436 e. The van der Waals surface area contributed by atoms with E-state index >= 15 is 0 Å². The van der Waals surface area contributed by atoms with Crippen LogP contribution >= 0.6 is 0 Å². The molecular weight excluding hydrogens is 519 g/mol. The first kappa shape index (κ1) is 30.5. The molecule has 1 unspecified atom stereocenters. The maximum Gasteiger partial charge on any atom is 0.410 e. The Balaban J connectivity index is 1.79. The summed E-state index contributed by atoms with van der Waals surface area (Å²) in [6, 6.07) is -0.705. The van der Waals surface area contributed by atoms with Crippen molar-refractivity contribution in [1.29, 1.82) is 0 Å². The summed E-state index contributed by atoms with van der Waals surface area (Å²) >= 11 is 0. The number of ether oxygens (including phenoxy) is 2. The van der Waals surface area contributed by atoms with E-state index in [4.69, 9.17) is 9.47 Å². The zero-order valence-corrected chi connectivity index (χ0v) is 22.9. The fraction of sp³-hybridized carbons (Fsp3) is 0.692. The van der Waals surface area contributed by atoms with Crippen LogP contribution in [0.2, 0.25) is 0 Å². The second kappa shape index (κ2) is 12.4. The van der Waals surface area contributed by atoms with E-state index in [2.05, 4.69) is 22.5 Å². The van der Waals surface area contributed by atoms with Gasteiger partial charge in [0, 0.05) is 24.8 Å². The lowest BCUT2D eigenvalue weighted by molar-refractivity contribution is -0.150. The van der Waals surface area contributed by atoms with E-state index in [1.54, 1.807) is 26.8 Å². The van der Waals surface area contributed by atoms with Crippen LogP contribution in [0.25, 0.3) is 0 Å². The molecule has 3 rings (SSSR count). The highest BCUT2D eigenvalue weighted by Gasteiger charge is 2.48. The number of urea groups is 1. The molecule has 1 aliphatic heterocycles. The molecule has 13 heteroatoms. The number of aromatic nitrogens is 1. The Bertz CT molecular complexity index is 1020. The molecule has 3 atom stereocenters. The number of rotatable bonds is 8. The normalized spacial score (nSPS) is 23.5. The van der Waals surface area contributed by atoms with E-state index in [-0.39, 0.29) is 18.3 Å². The molecule has 2 aliphatic rings. The summed E-state index contributed by atoms with van der Waals surface area (Å²) in [6.07, 6.45) is -1.73. The molecule has 1 saturated heterocycles. The lowest BCUT2D eigenvalue weighted by Gasteiger charge is -2.32. The lowest BCUT2D eigenvalue weighted by Crippen LogP contribution is -2.47. The molecule has 0 spiro atoms. The van der Waals surface area contributed by atoms with Crippen molar-refractivity contribution in [2.75, 3.05) is 25.6 Å². The van der Waals surface area contributed by atoms with Crippen LogP contribution in [0.4, 0.5) is 28.6 Å². The summed E-state index contributed by atoms with van der Waals surface area (Å²) in [7, 11) is 1.38. The summed E-state index contributed by atoms with van der Waals surface area (Å²) in [5, 5.41) is 7.36. The highest BCUT2D eigenvalue weighted by atomic mass is 19.4. The van der Waals surface area contributed by atoms with Crippen LogP contribution in [0.1, 0.15) is 65.0 Å². The van der Waals surface area contributed by atoms with E-state index in [0.717, 1.165) is 30.6 Å². The standard InChI is InChI=1S/C26H38F3N5O5/c1-15-6-8-16(9-7-15)21(39-24(37)33-25(2,3)4)22(35)32-20-12-17(10-11-30-20)18(14-38-5)34-13-19(26(27,28)29)31-23(34)36/h10-12,15-16,18-19,21H,6-9,13-14H2,1-5H3,(H,31,36)(H,33,37)(H,30,32,35)/t15?,16?,18-,19+,21?/m1/s1. The van der Waals surface area contributed by atoms with E-state index in [1.165, 1.54) is 19.4 Å². The lowest BCUT2D eigenvalue weighted by atomic mass is 9.80. The summed E-state index contributed by atoms with van der Waals surface area (Å²) in [6.45, 7) is 6.88. The Morgan fingerprint density at radius 3 is 2.44 bits per heavy atom. The SMILES string of the molecule is COC[C@H](c1ccnc(NC(=O)C(OC(=O)NC(C)(C)C)C2CCC(C)CC2)c1)N1C[C@@H](C(F)(F)F)NC1=O. The third kappa shape index (κ3) is 8.45. The molecule has 39 heavy (non-hydrogen) atoms. The van der Waals surface area contributed by atoms with Gasteiger partial charge >= 0.3 is 18.3 Å². The molecule has 1 saturated carbocycles. The number of pyridine rings is 1. The number of alkyl carbamates (subject to hydrolysis) is 1. The van der Waals surface area contributed by atoms with Crippen LogP contribution in [0.5, 0.6) is 0 Å². The van der Waals surface area contributed by atoms with Gasteiger partial charge in [0.15, 0.2) is 6.10 Å². The van der Waals surface area contributed by atoms with Crippen molar-refractivity contribution >= 4 is 23.8 Å². The van der Waals surface area contributed by atoms with Gasteiger partial charge in [-0.15, -0.1) is 0 Å². The Morgan fingerprint density at radius 1 is 1.21 bits per heavy atom. The summed E-state index contributed by atoms with van der Waals surface area (Å²) in [5.74, 6) is -0.102. The molecule has 4 amide bonds. The van der Waals surface area contributed by atoms with Gasteiger partial charge in [-0.05, 0) is 57.2 Å². The summed E-state index contributed by atoms with van der Waals surface area (Å²) in [4.78, 5) is 43.6. The first-order valence-corrected chi connectivity index (χ1v) is 13.1. The first-order chi connectivity index (χ1) is 18.2. The van der Waals surface area contributed by atoms with Crippen molar-refractivity contribution in [2.24, 2.45) is 11.8 Å². The third-order valence-electron chi connectivity index (χ3n) is 6.91. The molecule has 1 aromatic rings. The molecule has 2 fully saturated rings. The van der Waals surface area contributed by atoms with Crippen LogP contribution in [-0.2, 0) is 14.3 Å². The molecular formula is C26H38F3N5O5. The van der Waals surface area contributed by atoms with Gasteiger partial charge in [0.2, 0.25) is 0 Å². The van der Waals surface area contributed by atoms with Gasteiger partial charge < -0.3 is 30.3 Å². The average molecular weight is 558 g/mol. The average Bonchev–Trinajstić information content (AvgIpc) is 3.22. The molecule has 2 heterocycles. The van der Waals surface area contributed by atoms with Crippen molar-refractivity contribution in [3.63, 3.8) is 0 Å². The number of methoxy groups -OCH3 is 1. The highest BCUT2D eigenvalue weighted by molar-refractivity contribution is 5.95. The zero-order valence-electron chi connectivity index (χ0n) is 22.9. The molecule has 0 bridgehead atoms. The number of carbonyl (C=O) groups is 3. The van der Waals surface area contributed by atoms with Crippen molar-refractivity contribution in [2.45, 2.75) is 83.3 Å². The number of hydrogen-bond donors (Lipinski definition) is 3. The summed E-state index contributed by atoms with van der Waals surface area (Å²) in [5.41, 5.74) is -0.132. The monoisotopic (exact) mass is 557 g/mol. The number of carbonyl (C=O) groups excluding carboxylic acids is 3. The molecule has 0 aromatic carbocycles. The minimum absolute atomic E-state index is 0.0750. The van der Waals surface area contributed by atoms with Gasteiger partial charge in [0.1, 0.15) is 11.9 Å². The molecule has 1 aliphatic carbocycles. The first-order valence-electron chi connectivity index (χ1n) is 13.1. The Hall–Kier alpha value is -3.09. The maximum atomic E-state index is 13.4. The predicted octanol–water partition coefficient (Wildman–Crippen LogP) is 4.38. The third-order valence-corrected chi connectivity index (χ3v) is 6.91. The van der Waals surface area contributed by atoms with Crippen molar-refractivity contribution in [1.82, 2.24) is 20.5 Å². The Labute approximate surface area is 226 Å². The van der Waals surface area contributed by atoms with Gasteiger partial charge in [-0.2, -0.15) is 13.2 Å². The zero-order chi connectivity index (χ0) is 29.0. The smallest absolute Gasteiger partial charge is 0.410 e. The van der Waals surface area contributed by atoms with Gasteiger partial charge in [-0.1, -0.05) is 19.8 Å². The van der Waals surface area contributed by atoms with Gasteiger partial charge in [-0.3, -0.25) is 4.79 Å². The number of nitrogens with one attached hydrogen (secondary N) is 3. The fourth-order valence-electron chi connectivity index (χ4n) is 4.86. The van der Waals surface area contributed by atoms with Gasteiger partial charge in [-0.25, -0.2) is 14.6 Å². The van der Waals surface area contributed by atoms with Crippen LogP contribution in [-0.4, -0.2) is 72.0 Å². The van der Waals surface area contributed by atoms with Gasteiger partial charge in [0.25, 0.3) is 5.91 Å². The molecule has 0 radical (unpaired) electrons. The number of nitrogens with zero attached hydrogens (tertiary/aromatic N) is 2. The van der Waals surface area contributed by atoms with Crippen LogP contribution < -0.4 is 16.0 Å².